The van der Waals surface area contributed by atoms with Crippen molar-refractivity contribution in [2.75, 3.05) is 52.5 Å². The number of ether oxygens (including phenoxy) is 2. The van der Waals surface area contributed by atoms with E-state index in [9.17, 15) is 5.11 Å². The fourth-order valence-corrected chi connectivity index (χ4v) is 1.93. The zero-order valence-corrected chi connectivity index (χ0v) is 12.7. The van der Waals surface area contributed by atoms with Gasteiger partial charge in [0.15, 0.2) is 0 Å². The maximum absolute atomic E-state index is 9.75. The number of rotatable bonds is 8. The molecular weight excluding hydrogens is 244 g/mol. The Kier molecular flexibility index (Phi) is 7.87. The highest BCUT2D eigenvalue weighted by atomic mass is 16.5. The van der Waals surface area contributed by atoms with Crippen LogP contribution in [0, 0.1) is 0 Å². The van der Waals surface area contributed by atoms with Gasteiger partial charge in [-0.25, -0.2) is 0 Å². The Morgan fingerprint density at radius 2 is 2.00 bits per heavy atom. The van der Waals surface area contributed by atoms with E-state index < -0.39 is 6.10 Å². The van der Waals surface area contributed by atoms with Crippen LogP contribution in [0.1, 0.15) is 27.2 Å². The van der Waals surface area contributed by atoms with E-state index in [4.69, 9.17) is 9.47 Å². The Hall–Kier alpha value is -0.200. The lowest BCUT2D eigenvalue weighted by molar-refractivity contribution is -0.0478. The molecule has 1 saturated heterocycles. The Bertz CT molecular complexity index is 225. The molecule has 0 amide bonds. The first-order valence-electron chi connectivity index (χ1n) is 7.30. The molecule has 5 heteroatoms. The van der Waals surface area contributed by atoms with E-state index in [0.29, 0.717) is 13.2 Å². The van der Waals surface area contributed by atoms with Crippen LogP contribution in [0.4, 0.5) is 0 Å². The van der Waals surface area contributed by atoms with E-state index in [1.54, 1.807) is 0 Å². The predicted octanol–water partition coefficient (Wildman–Crippen LogP) is 0.474. The molecule has 0 bridgehead atoms. The topological polar surface area (TPSA) is 54.0 Å². The fraction of sp³-hybridized carbons (Fsp3) is 1.00. The van der Waals surface area contributed by atoms with E-state index in [2.05, 4.69) is 10.2 Å². The lowest BCUT2D eigenvalue weighted by Crippen LogP contribution is -2.38. The maximum Gasteiger partial charge on any atom is 0.0897 e. The molecular formula is C14H30N2O3. The molecule has 1 heterocycles. The minimum atomic E-state index is -0.428. The van der Waals surface area contributed by atoms with Crippen LogP contribution in [0.3, 0.4) is 0 Å². The summed E-state index contributed by atoms with van der Waals surface area (Å²) in [6, 6.07) is 0. The molecule has 0 saturated carbocycles. The summed E-state index contributed by atoms with van der Waals surface area (Å²) in [5.74, 6) is 0. The molecule has 0 radical (unpaired) electrons. The first kappa shape index (κ1) is 16.9. The first-order chi connectivity index (χ1) is 8.97. The van der Waals surface area contributed by atoms with E-state index >= 15 is 0 Å². The molecule has 1 aliphatic rings. The molecule has 0 aromatic carbocycles. The molecule has 0 aliphatic carbocycles. The van der Waals surface area contributed by atoms with Crippen molar-refractivity contribution in [3.63, 3.8) is 0 Å². The first-order valence-corrected chi connectivity index (χ1v) is 7.30. The number of nitrogens with zero attached hydrogens (tertiary/aromatic N) is 1. The highest BCUT2D eigenvalue weighted by Gasteiger charge is 2.13. The molecule has 1 fully saturated rings. The van der Waals surface area contributed by atoms with Crippen LogP contribution in [0.25, 0.3) is 0 Å². The summed E-state index contributed by atoms with van der Waals surface area (Å²) in [5, 5.41) is 13.0. The largest absolute Gasteiger partial charge is 0.389 e. The van der Waals surface area contributed by atoms with Gasteiger partial charge < -0.3 is 19.9 Å². The van der Waals surface area contributed by atoms with Gasteiger partial charge in [0.1, 0.15) is 0 Å². The average Bonchev–Trinajstić information content (AvgIpc) is 2.36. The van der Waals surface area contributed by atoms with Gasteiger partial charge in [-0.2, -0.15) is 0 Å². The molecule has 0 aromatic rings. The standard InChI is InChI=1S/C14H30N2O3/c1-14(2,3)19-12-13(17)11-15-5-4-6-16-7-9-18-10-8-16/h13,15,17H,4-12H2,1-3H3. The van der Waals surface area contributed by atoms with Crippen molar-refractivity contribution in [3.05, 3.63) is 0 Å². The number of aliphatic hydroxyl groups is 1. The molecule has 0 aromatic heterocycles. The second kappa shape index (κ2) is 8.87. The van der Waals surface area contributed by atoms with Crippen LogP contribution < -0.4 is 5.32 Å². The number of morpholine rings is 1. The van der Waals surface area contributed by atoms with Gasteiger partial charge in [0.2, 0.25) is 0 Å². The predicted molar refractivity (Wildman–Crippen MR) is 76.5 cm³/mol. The minimum Gasteiger partial charge on any atom is -0.389 e. The van der Waals surface area contributed by atoms with Crippen LogP contribution in [-0.2, 0) is 9.47 Å². The lowest BCUT2D eigenvalue weighted by Gasteiger charge is -2.26. The molecule has 1 aliphatic heterocycles. The summed E-state index contributed by atoms with van der Waals surface area (Å²) in [4.78, 5) is 2.42. The smallest absolute Gasteiger partial charge is 0.0897 e. The van der Waals surface area contributed by atoms with E-state index in [0.717, 1.165) is 45.8 Å². The van der Waals surface area contributed by atoms with Crippen molar-refractivity contribution in [1.29, 1.82) is 0 Å². The number of hydrogen-bond acceptors (Lipinski definition) is 5. The molecule has 5 nitrogen and oxygen atoms in total. The van der Waals surface area contributed by atoms with Gasteiger partial charge >= 0.3 is 0 Å². The van der Waals surface area contributed by atoms with Crippen molar-refractivity contribution in [2.45, 2.75) is 38.9 Å². The fourth-order valence-electron chi connectivity index (χ4n) is 1.93. The van der Waals surface area contributed by atoms with Crippen LogP contribution in [-0.4, -0.2) is 74.3 Å². The Morgan fingerprint density at radius 3 is 2.63 bits per heavy atom. The van der Waals surface area contributed by atoms with E-state index in [1.165, 1.54) is 0 Å². The van der Waals surface area contributed by atoms with Gasteiger partial charge in [0, 0.05) is 19.6 Å². The summed E-state index contributed by atoms with van der Waals surface area (Å²) < 4.78 is 10.8. The summed E-state index contributed by atoms with van der Waals surface area (Å²) >= 11 is 0. The number of hydrogen-bond donors (Lipinski definition) is 2. The molecule has 0 spiro atoms. The monoisotopic (exact) mass is 274 g/mol. The second-order valence-electron chi connectivity index (χ2n) is 6.09. The summed E-state index contributed by atoms with van der Waals surface area (Å²) in [6.07, 6.45) is 0.676. The van der Waals surface area contributed by atoms with Gasteiger partial charge in [-0.15, -0.1) is 0 Å². The quantitative estimate of drug-likeness (QED) is 0.630. The minimum absolute atomic E-state index is 0.183. The molecule has 1 rings (SSSR count). The van der Waals surface area contributed by atoms with Gasteiger partial charge in [0.05, 0.1) is 31.5 Å². The summed E-state index contributed by atoms with van der Waals surface area (Å²) in [7, 11) is 0. The van der Waals surface area contributed by atoms with Crippen LogP contribution >= 0.6 is 0 Å². The van der Waals surface area contributed by atoms with Crippen LogP contribution in [0.2, 0.25) is 0 Å². The molecule has 1 atom stereocenters. The number of nitrogens with one attached hydrogen (secondary N) is 1. The van der Waals surface area contributed by atoms with Gasteiger partial charge in [0.25, 0.3) is 0 Å². The average molecular weight is 274 g/mol. The molecule has 114 valence electrons. The van der Waals surface area contributed by atoms with Gasteiger partial charge in [-0.1, -0.05) is 0 Å². The normalized spacial score (nSPS) is 19.6. The van der Waals surface area contributed by atoms with Crippen LogP contribution in [0.5, 0.6) is 0 Å². The van der Waals surface area contributed by atoms with Gasteiger partial charge in [-0.3, -0.25) is 4.90 Å². The number of aliphatic hydroxyl groups excluding tert-OH is 1. The maximum atomic E-state index is 9.75. The van der Waals surface area contributed by atoms with Crippen molar-refractivity contribution in [1.82, 2.24) is 10.2 Å². The second-order valence-corrected chi connectivity index (χ2v) is 6.09. The van der Waals surface area contributed by atoms with Crippen molar-refractivity contribution in [3.8, 4) is 0 Å². The summed E-state index contributed by atoms with van der Waals surface area (Å²) in [5.41, 5.74) is -0.183. The van der Waals surface area contributed by atoms with E-state index in [-0.39, 0.29) is 5.60 Å². The highest BCUT2D eigenvalue weighted by molar-refractivity contribution is 4.65. The van der Waals surface area contributed by atoms with Crippen molar-refractivity contribution >= 4 is 0 Å². The Labute approximate surface area is 117 Å². The van der Waals surface area contributed by atoms with E-state index in [1.807, 2.05) is 20.8 Å². The van der Waals surface area contributed by atoms with Crippen molar-refractivity contribution < 1.29 is 14.6 Å². The highest BCUT2D eigenvalue weighted by Crippen LogP contribution is 2.06. The Morgan fingerprint density at radius 1 is 1.32 bits per heavy atom. The lowest BCUT2D eigenvalue weighted by atomic mass is 10.2. The zero-order chi connectivity index (χ0) is 14.1. The van der Waals surface area contributed by atoms with Crippen molar-refractivity contribution in [2.24, 2.45) is 0 Å². The van der Waals surface area contributed by atoms with Crippen LogP contribution in [0.15, 0.2) is 0 Å². The van der Waals surface area contributed by atoms with Gasteiger partial charge in [-0.05, 0) is 40.3 Å². The SMILES string of the molecule is CC(C)(C)OCC(O)CNCCCN1CCOCC1. The third-order valence-electron chi connectivity index (χ3n) is 3.02. The molecule has 19 heavy (non-hydrogen) atoms. The third-order valence-corrected chi connectivity index (χ3v) is 3.02. The zero-order valence-electron chi connectivity index (χ0n) is 12.7. The summed E-state index contributed by atoms with van der Waals surface area (Å²) in [6.45, 7) is 12.8. The molecule has 1 unspecified atom stereocenters. The third kappa shape index (κ3) is 9.35. The molecule has 2 N–H and O–H groups in total. The Balaban J connectivity index is 1.92.